The molecule has 20 heavy (non-hydrogen) atoms. The van der Waals surface area contributed by atoms with Crippen LogP contribution in [0.15, 0.2) is 29.2 Å². The lowest BCUT2D eigenvalue weighted by Gasteiger charge is -2.36. The lowest BCUT2D eigenvalue weighted by molar-refractivity contribution is 0.159. The van der Waals surface area contributed by atoms with Crippen molar-refractivity contribution in [3.05, 3.63) is 24.3 Å². The van der Waals surface area contributed by atoms with Crippen LogP contribution in [-0.4, -0.2) is 57.0 Å². The average Bonchev–Trinajstić information content (AvgIpc) is 2.43. The first-order chi connectivity index (χ1) is 9.45. The molecule has 0 aliphatic carbocycles. The Morgan fingerprint density at radius 3 is 2.45 bits per heavy atom. The monoisotopic (exact) mass is 298 g/mol. The molecule has 1 unspecified atom stereocenters. The molecule has 1 heterocycles. The second-order valence-corrected chi connectivity index (χ2v) is 7.04. The summed E-state index contributed by atoms with van der Waals surface area (Å²) in [6.07, 6.45) is 0. The minimum Gasteiger partial charge on any atom is -0.494 e. The molecule has 1 aliphatic heterocycles. The summed E-state index contributed by atoms with van der Waals surface area (Å²) in [5, 5.41) is 0. The molecule has 0 radical (unpaired) electrons. The topological polar surface area (TPSA) is 49.9 Å². The lowest BCUT2D eigenvalue weighted by atomic mass is 10.2. The van der Waals surface area contributed by atoms with Gasteiger partial charge < -0.3 is 9.64 Å². The van der Waals surface area contributed by atoms with Gasteiger partial charge in [0.05, 0.1) is 11.5 Å². The molecule has 0 spiro atoms. The van der Waals surface area contributed by atoms with Crippen LogP contribution < -0.4 is 4.74 Å². The first kappa shape index (κ1) is 15.3. The van der Waals surface area contributed by atoms with Gasteiger partial charge >= 0.3 is 0 Å². The van der Waals surface area contributed by atoms with E-state index in [0.717, 1.165) is 6.54 Å². The standard InChI is InChI=1S/C14H22N2O3S/c1-4-19-13-5-7-14(8-6-13)20(17,18)16-10-9-15(3)12(2)11-16/h5-8,12H,4,9-11H2,1-3H3. The Morgan fingerprint density at radius 1 is 1.25 bits per heavy atom. The predicted molar refractivity (Wildman–Crippen MR) is 78.5 cm³/mol. The van der Waals surface area contributed by atoms with Crippen molar-refractivity contribution in [2.24, 2.45) is 0 Å². The first-order valence-electron chi connectivity index (χ1n) is 6.88. The van der Waals surface area contributed by atoms with Crippen LogP contribution >= 0.6 is 0 Å². The SMILES string of the molecule is CCOc1ccc(S(=O)(=O)N2CCN(C)C(C)C2)cc1. The van der Waals surface area contributed by atoms with Crippen molar-refractivity contribution < 1.29 is 13.2 Å². The number of sulfonamides is 1. The van der Waals surface area contributed by atoms with Gasteiger partial charge in [-0.1, -0.05) is 0 Å². The number of rotatable bonds is 4. The highest BCUT2D eigenvalue weighted by Gasteiger charge is 2.30. The summed E-state index contributed by atoms with van der Waals surface area (Å²) in [7, 11) is -1.38. The summed E-state index contributed by atoms with van der Waals surface area (Å²) >= 11 is 0. The third-order valence-electron chi connectivity index (χ3n) is 3.69. The maximum atomic E-state index is 12.6. The van der Waals surface area contributed by atoms with Gasteiger partial charge in [0.1, 0.15) is 5.75 Å². The molecule has 0 saturated carbocycles. The summed E-state index contributed by atoms with van der Waals surface area (Å²) in [5.74, 6) is 0.693. The van der Waals surface area contributed by atoms with Gasteiger partial charge in [0.2, 0.25) is 10.0 Å². The van der Waals surface area contributed by atoms with Crippen molar-refractivity contribution in [3.8, 4) is 5.75 Å². The van der Waals surface area contributed by atoms with E-state index in [0.29, 0.717) is 30.3 Å². The molecule has 0 aromatic heterocycles. The van der Waals surface area contributed by atoms with Gasteiger partial charge in [0, 0.05) is 25.7 Å². The molecule has 1 saturated heterocycles. The Balaban J connectivity index is 2.17. The quantitative estimate of drug-likeness (QED) is 0.843. The number of piperazine rings is 1. The zero-order valence-electron chi connectivity index (χ0n) is 12.2. The summed E-state index contributed by atoms with van der Waals surface area (Å²) in [6, 6.07) is 6.87. The molecule has 112 valence electrons. The second-order valence-electron chi connectivity index (χ2n) is 5.10. The molecule has 2 rings (SSSR count). The molecule has 5 nitrogen and oxygen atoms in total. The Bertz CT molecular complexity index is 542. The minimum atomic E-state index is -3.40. The van der Waals surface area contributed by atoms with Gasteiger partial charge in [-0.2, -0.15) is 4.31 Å². The minimum absolute atomic E-state index is 0.237. The number of nitrogens with zero attached hydrogens (tertiary/aromatic N) is 2. The molecule has 0 N–H and O–H groups in total. The van der Waals surface area contributed by atoms with E-state index in [1.54, 1.807) is 28.6 Å². The van der Waals surface area contributed by atoms with E-state index in [1.807, 2.05) is 20.9 Å². The molecular weight excluding hydrogens is 276 g/mol. The van der Waals surface area contributed by atoms with Gasteiger partial charge in [-0.3, -0.25) is 0 Å². The molecule has 0 bridgehead atoms. The van der Waals surface area contributed by atoms with Gasteiger partial charge in [-0.25, -0.2) is 8.42 Å². The zero-order valence-corrected chi connectivity index (χ0v) is 13.1. The van der Waals surface area contributed by atoms with Crippen LogP contribution in [-0.2, 0) is 10.0 Å². The Kier molecular flexibility index (Phi) is 4.67. The van der Waals surface area contributed by atoms with Gasteiger partial charge in [0.25, 0.3) is 0 Å². The number of ether oxygens (including phenoxy) is 1. The molecule has 1 atom stereocenters. The van der Waals surface area contributed by atoms with Gasteiger partial charge in [-0.15, -0.1) is 0 Å². The van der Waals surface area contributed by atoms with Crippen LogP contribution in [0, 0.1) is 0 Å². The molecule has 1 aromatic carbocycles. The van der Waals surface area contributed by atoms with E-state index in [2.05, 4.69) is 4.90 Å². The van der Waals surface area contributed by atoms with E-state index in [9.17, 15) is 8.42 Å². The van der Waals surface area contributed by atoms with Crippen molar-refractivity contribution in [2.75, 3.05) is 33.3 Å². The smallest absolute Gasteiger partial charge is 0.243 e. The van der Waals surface area contributed by atoms with Gasteiger partial charge in [0.15, 0.2) is 0 Å². The van der Waals surface area contributed by atoms with Crippen LogP contribution in [0.4, 0.5) is 0 Å². The van der Waals surface area contributed by atoms with E-state index in [-0.39, 0.29) is 6.04 Å². The number of benzene rings is 1. The van der Waals surface area contributed by atoms with E-state index < -0.39 is 10.0 Å². The average molecular weight is 298 g/mol. The second kappa shape index (κ2) is 6.11. The Labute approximate surface area is 121 Å². The summed E-state index contributed by atoms with van der Waals surface area (Å²) in [4.78, 5) is 2.50. The number of hydrogen-bond donors (Lipinski definition) is 0. The van der Waals surface area contributed by atoms with Crippen molar-refractivity contribution in [3.63, 3.8) is 0 Å². The summed E-state index contributed by atoms with van der Waals surface area (Å²) in [5.41, 5.74) is 0. The summed E-state index contributed by atoms with van der Waals surface area (Å²) < 4.78 is 32.0. The molecule has 1 aliphatic rings. The molecule has 1 aromatic rings. The third kappa shape index (κ3) is 3.13. The predicted octanol–water partition coefficient (Wildman–Crippen LogP) is 1.41. The Morgan fingerprint density at radius 2 is 1.90 bits per heavy atom. The van der Waals surface area contributed by atoms with Crippen LogP contribution in [0.25, 0.3) is 0 Å². The van der Waals surface area contributed by atoms with E-state index in [1.165, 1.54) is 0 Å². The van der Waals surface area contributed by atoms with Crippen molar-refractivity contribution in [1.29, 1.82) is 0 Å². The lowest BCUT2D eigenvalue weighted by Crippen LogP contribution is -2.51. The van der Waals surface area contributed by atoms with E-state index >= 15 is 0 Å². The highest BCUT2D eigenvalue weighted by molar-refractivity contribution is 7.89. The fraction of sp³-hybridized carbons (Fsp3) is 0.571. The van der Waals surface area contributed by atoms with Crippen LogP contribution in [0.2, 0.25) is 0 Å². The van der Waals surface area contributed by atoms with Crippen molar-refractivity contribution in [1.82, 2.24) is 9.21 Å². The Hall–Kier alpha value is -1.11. The molecule has 0 amide bonds. The van der Waals surface area contributed by atoms with Crippen LogP contribution in [0.3, 0.4) is 0 Å². The zero-order chi connectivity index (χ0) is 14.8. The highest BCUT2D eigenvalue weighted by atomic mass is 32.2. The molecule has 1 fully saturated rings. The van der Waals surface area contributed by atoms with Crippen molar-refractivity contribution in [2.45, 2.75) is 24.8 Å². The highest BCUT2D eigenvalue weighted by Crippen LogP contribution is 2.21. The number of hydrogen-bond acceptors (Lipinski definition) is 4. The number of likely N-dealkylation sites (N-methyl/N-ethyl adjacent to an activating group) is 1. The molecular formula is C14H22N2O3S. The van der Waals surface area contributed by atoms with Crippen molar-refractivity contribution >= 4 is 10.0 Å². The van der Waals surface area contributed by atoms with Crippen LogP contribution in [0.1, 0.15) is 13.8 Å². The van der Waals surface area contributed by atoms with Gasteiger partial charge in [-0.05, 0) is 45.2 Å². The maximum Gasteiger partial charge on any atom is 0.243 e. The first-order valence-corrected chi connectivity index (χ1v) is 8.32. The summed E-state index contributed by atoms with van der Waals surface area (Å²) in [6.45, 7) is 6.35. The van der Waals surface area contributed by atoms with E-state index in [4.69, 9.17) is 4.74 Å². The van der Waals surface area contributed by atoms with Crippen LogP contribution in [0.5, 0.6) is 5.75 Å². The maximum absolute atomic E-state index is 12.6. The largest absolute Gasteiger partial charge is 0.494 e. The fourth-order valence-electron chi connectivity index (χ4n) is 2.26. The fourth-order valence-corrected chi connectivity index (χ4v) is 3.77. The molecule has 6 heteroatoms. The normalized spacial score (nSPS) is 21.9. The third-order valence-corrected chi connectivity index (χ3v) is 5.57.